The van der Waals surface area contributed by atoms with Crippen LogP contribution in [-0.2, 0) is 0 Å². The summed E-state index contributed by atoms with van der Waals surface area (Å²) >= 11 is 0. The monoisotopic (exact) mass is 554 g/mol. The van der Waals surface area contributed by atoms with Gasteiger partial charge in [-0.2, -0.15) is 0 Å². The maximum atomic E-state index is 2.74. The number of rotatable bonds is 2. The highest BCUT2D eigenvalue weighted by Crippen LogP contribution is 2.58. The summed E-state index contributed by atoms with van der Waals surface area (Å²) in [4.78, 5) is 7.55. The second kappa shape index (κ2) is 17.7. The van der Waals surface area contributed by atoms with Gasteiger partial charge in [-0.1, -0.05) is 104 Å². The molecular formula is C36H79N3. The molecule has 3 aliphatic heterocycles. The lowest BCUT2D eigenvalue weighted by Gasteiger charge is -2.44. The lowest BCUT2D eigenvalue weighted by Crippen LogP contribution is -2.48. The van der Waals surface area contributed by atoms with Gasteiger partial charge in [-0.05, 0) is 114 Å². The molecule has 0 radical (unpaired) electrons. The average molecular weight is 554 g/mol. The van der Waals surface area contributed by atoms with Crippen LogP contribution in [0.25, 0.3) is 0 Å². The maximum Gasteiger partial charge on any atom is 0.0258 e. The first-order chi connectivity index (χ1) is 18.0. The highest BCUT2D eigenvalue weighted by Gasteiger charge is 2.52. The fourth-order valence-corrected chi connectivity index (χ4v) is 7.24. The summed E-state index contributed by atoms with van der Waals surface area (Å²) in [5.74, 6) is 0. The molecule has 0 aromatic heterocycles. The smallest absolute Gasteiger partial charge is 0.0258 e. The van der Waals surface area contributed by atoms with Gasteiger partial charge in [-0.3, -0.25) is 4.90 Å². The maximum absolute atomic E-state index is 2.74. The van der Waals surface area contributed by atoms with Crippen molar-refractivity contribution >= 4 is 0 Å². The third-order valence-electron chi connectivity index (χ3n) is 9.62. The van der Waals surface area contributed by atoms with Crippen LogP contribution in [0.1, 0.15) is 155 Å². The molecule has 0 spiro atoms. The molecule has 4 rings (SSSR count). The third-order valence-corrected chi connectivity index (χ3v) is 9.62. The Morgan fingerprint density at radius 1 is 0.641 bits per heavy atom. The molecule has 4 aliphatic rings. The first-order valence-electron chi connectivity index (χ1n) is 17.1. The van der Waals surface area contributed by atoms with Gasteiger partial charge in [0.1, 0.15) is 0 Å². The predicted octanol–water partition coefficient (Wildman–Crippen LogP) is 10.2. The van der Waals surface area contributed by atoms with Gasteiger partial charge in [0, 0.05) is 18.1 Å². The van der Waals surface area contributed by atoms with E-state index in [1.807, 2.05) is 41.5 Å². The van der Waals surface area contributed by atoms with Crippen molar-refractivity contribution in [1.29, 1.82) is 0 Å². The van der Waals surface area contributed by atoms with Gasteiger partial charge in [-0.25, -0.2) is 0 Å². The minimum atomic E-state index is 0.477. The molecule has 238 valence electrons. The fourth-order valence-electron chi connectivity index (χ4n) is 7.24. The zero-order valence-corrected chi connectivity index (χ0v) is 30.9. The van der Waals surface area contributed by atoms with Crippen molar-refractivity contribution in [3.05, 3.63) is 0 Å². The van der Waals surface area contributed by atoms with Crippen LogP contribution in [0.4, 0.5) is 0 Å². The summed E-state index contributed by atoms with van der Waals surface area (Å²) in [6, 6.07) is 0.812. The van der Waals surface area contributed by atoms with Crippen molar-refractivity contribution in [2.24, 2.45) is 21.7 Å². The largest absolute Gasteiger partial charge is 0.309 e. The van der Waals surface area contributed by atoms with E-state index in [1.165, 1.54) is 77.5 Å². The van der Waals surface area contributed by atoms with Crippen LogP contribution in [0.3, 0.4) is 0 Å². The highest BCUT2D eigenvalue weighted by molar-refractivity contribution is 5.06. The van der Waals surface area contributed by atoms with Gasteiger partial charge >= 0.3 is 0 Å². The molecule has 0 bridgehead atoms. The van der Waals surface area contributed by atoms with Crippen molar-refractivity contribution in [2.75, 3.05) is 47.3 Å². The molecule has 1 atom stereocenters. The molecule has 0 amide bonds. The van der Waals surface area contributed by atoms with Gasteiger partial charge < -0.3 is 9.80 Å². The Hall–Kier alpha value is -0.120. The second-order valence-electron chi connectivity index (χ2n) is 15.2. The predicted molar refractivity (Wildman–Crippen MR) is 181 cm³/mol. The fraction of sp³-hybridized carbons (Fsp3) is 1.00. The Labute approximate surface area is 250 Å². The van der Waals surface area contributed by atoms with E-state index < -0.39 is 0 Å². The minimum Gasteiger partial charge on any atom is -0.309 e. The van der Waals surface area contributed by atoms with Crippen LogP contribution in [-0.4, -0.2) is 73.6 Å². The topological polar surface area (TPSA) is 9.72 Å². The quantitative estimate of drug-likeness (QED) is 0.337. The van der Waals surface area contributed by atoms with Crippen molar-refractivity contribution in [3.8, 4) is 0 Å². The van der Waals surface area contributed by atoms with Crippen molar-refractivity contribution in [1.82, 2.24) is 14.7 Å². The summed E-state index contributed by atoms with van der Waals surface area (Å²) in [7, 11) is 6.58. The van der Waals surface area contributed by atoms with Gasteiger partial charge in [0.15, 0.2) is 0 Å². The van der Waals surface area contributed by atoms with E-state index in [0.717, 1.165) is 6.04 Å². The molecule has 3 nitrogen and oxygen atoms in total. The van der Waals surface area contributed by atoms with E-state index in [0.29, 0.717) is 27.2 Å². The second-order valence-corrected chi connectivity index (χ2v) is 15.2. The molecule has 4 fully saturated rings. The van der Waals surface area contributed by atoms with Crippen molar-refractivity contribution in [2.45, 2.75) is 167 Å². The number of hydrogen-bond acceptors (Lipinski definition) is 3. The molecule has 1 unspecified atom stereocenters. The normalized spacial score (nSPS) is 23.3. The van der Waals surface area contributed by atoms with Crippen LogP contribution >= 0.6 is 0 Å². The Bertz CT molecular complexity index is 588. The third kappa shape index (κ3) is 12.0. The summed E-state index contributed by atoms with van der Waals surface area (Å²) in [5.41, 5.74) is 2.67. The lowest BCUT2D eigenvalue weighted by atomic mass is 9.71. The minimum absolute atomic E-state index is 0.477. The van der Waals surface area contributed by atoms with Crippen LogP contribution < -0.4 is 0 Å². The number of hydrogen-bond donors (Lipinski definition) is 0. The molecule has 3 saturated heterocycles. The number of nitrogens with zero attached hydrogens (tertiary/aromatic N) is 3. The van der Waals surface area contributed by atoms with E-state index in [9.17, 15) is 0 Å². The molecular weight excluding hydrogens is 474 g/mol. The van der Waals surface area contributed by atoms with Crippen LogP contribution in [0.5, 0.6) is 0 Å². The van der Waals surface area contributed by atoms with Gasteiger partial charge in [0.2, 0.25) is 0 Å². The molecule has 1 saturated carbocycles. The zero-order chi connectivity index (χ0) is 31.3. The molecule has 0 N–H and O–H groups in total. The summed E-state index contributed by atoms with van der Waals surface area (Å²) in [5, 5.41) is 0. The molecule has 0 aromatic rings. The van der Waals surface area contributed by atoms with E-state index in [2.05, 4.69) is 98.2 Å². The lowest BCUT2D eigenvalue weighted by molar-refractivity contribution is 0.0642. The van der Waals surface area contributed by atoms with Gasteiger partial charge in [0.25, 0.3) is 0 Å². The molecule has 1 aliphatic carbocycles. The van der Waals surface area contributed by atoms with E-state index >= 15 is 0 Å². The Morgan fingerprint density at radius 3 is 1.26 bits per heavy atom. The zero-order valence-electron chi connectivity index (χ0n) is 30.9. The molecule has 3 heterocycles. The van der Waals surface area contributed by atoms with E-state index in [4.69, 9.17) is 0 Å². The van der Waals surface area contributed by atoms with Gasteiger partial charge in [0.05, 0.1) is 0 Å². The average Bonchev–Trinajstić information content (AvgIpc) is 3.17. The van der Waals surface area contributed by atoms with Crippen LogP contribution in [0, 0.1) is 21.7 Å². The molecule has 0 aromatic carbocycles. The first kappa shape index (κ1) is 41.0. The standard InChI is InChI=1S/C11H21N.C10H21N.C9H19N.3C2H6/c1-10(2,3)11-6-4-8-12(11)9-5-7-11;1-9(2,3)10(6-7-10)8-11(4)5;1-9(2,3)8-6-5-7-10(8)4;3*1-2/h4-9H2,1-3H3;6-8H2,1-5H3;8H,5-7H2,1-4H3;3*1-2H3. The Kier molecular flexibility index (Phi) is 18.7. The van der Waals surface area contributed by atoms with Crippen molar-refractivity contribution in [3.63, 3.8) is 0 Å². The van der Waals surface area contributed by atoms with Crippen molar-refractivity contribution < 1.29 is 0 Å². The van der Waals surface area contributed by atoms with Crippen LogP contribution in [0.2, 0.25) is 0 Å². The van der Waals surface area contributed by atoms with Crippen LogP contribution in [0.15, 0.2) is 0 Å². The van der Waals surface area contributed by atoms with E-state index in [1.54, 1.807) is 0 Å². The Balaban J connectivity index is 0. The number of fused-ring (bicyclic) bond motifs is 1. The Morgan fingerprint density at radius 2 is 1.08 bits per heavy atom. The highest BCUT2D eigenvalue weighted by atomic mass is 15.2. The molecule has 39 heavy (non-hydrogen) atoms. The summed E-state index contributed by atoms with van der Waals surface area (Å²) in [6.45, 7) is 38.6. The SMILES string of the molecule is CC.CC.CC.CC(C)(C)C12CCCN1CCC2.CN(C)CC1(C(C)(C)C)CC1.CN1CCCC1C(C)(C)C. The van der Waals surface area contributed by atoms with E-state index in [-0.39, 0.29) is 0 Å². The first-order valence-corrected chi connectivity index (χ1v) is 17.1. The number of likely N-dealkylation sites (tertiary alicyclic amines) is 1. The molecule has 3 heteroatoms. The summed E-state index contributed by atoms with van der Waals surface area (Å²) < 4.78 is 0. The summed E-state index contributed by atoms with van der Waals surface area (Å²) in [6.07, 6.45) is 11.4. The van der Waals surface area contributed by atoms with Gasteiger partial charge in [-0.15, -0.1) is 0 Å².